The van der Waals surface area contributed by atoms with Gasteiger partial charge in [-0.1, -0.05) is 0 Å². The highest BCUT2D eigenvalue weighted by molar-refractivity contribution is 6.07. The quantitative estimate of drug-likeness (QED) is 0.501. The number of imidazole rings is 1. The number of aryl methyl sites for hydroxylation is 1. The number of fused-ring (bicyclic) bond motifs is 3. The first-order chi connectivity index (χ1) is 15.7. The number of carbonyl (C=O) groups excluding carboxylic acids is 1. The lowest BCUT2D eigenvalue weighted by molar-refractivity contribution is 0.0154. The number of anilines is 1. The first kappa shape index (κ1) is 20.1. The zero-order valence-electron chi connectivity index (χ0n) is 19.0. The Balaban J connectivity index is 1.38. The molecule has 0 atom stereocenters. The van der Waals surface area contributed by atoms with Crippen LogP contribution in [0.4, 0.5) is 5.69 Å². The van der Waals surface area contributed by atoms with Gasteiger partial charge in [0.2, 0.25) is 11.7 Å². The second-order valence-corrected chi connectivity index (χ2v) is 9.68. The first-order valence-electron chi connectivity index (χ1n) is 11.1. The molecule has 10 heteroatoms. The Morgan fingerprint density at radius 2 is 2.06 bits per heavy atom. The minimum Gasteiger partial charge on any atom is -0.474 e. The molecule has 2 saturated heterocycles. The maximum absolute atomic E-state index is 13.3. The van der Waals surface area contributed by atoms with Crippen molar-refractivity contribution in [3.63, 3.8) is 0 Å². The van der Waals surface area contributed by atoms with Gasteiger partial charge in [-0.15, -0.1) is 0 Å². The summed E-state index contributed by atoms with van der Waals surface area (Å²) in [7, 11) is 0. The normalized spacial score (nSPS) is 23.9. The highest BCUT2D eigenvalue weighted by Crippen LogP contribution is 2.58. The topological polar surface area (TPSA) is 108 Å². The van der Waals surface area contributed by atoms with Gasteiger partial charge in [0.05, 0.1) is 30.2 Å². The zero-order valence-corrected chi connectivity index (χ0v) is 19.0. The summed E-state index contributed by atoms with van der Waals surface area (Å²) in [6.07, 6.45) is 8.81. The number of nitrogens with zero attached hydrogens (tertiary/aromatic N) is 6. The molecular formula is C23H25N7O3. The molecule has 7 rings (SSSR count). The Morgan fingerprint density at radius 1 is 1.24 bits per heavy atom. The fourth-order valence-corrected chi connectivity index (χ4v) is 5.02. The maximum atomic E-state index is 13.3. The fourth-order valence-electron chi connectivity index (χ4n) is 5.02. The van der Waals surface area contributed by atoms with Crippen LogP contribution >= 0.6 is 0 Å². The van der Waals surface area contributed by atoms with Crippen LogP contribution in [-0.4, -0.2) is 53.2 Å². The van der Waals surface area contributed by atoms with Crippen molar-refractivity contribution in [2.75, 3.05) is 11.9 Å². The number of nitrogens with one attached hydrogen (secondary N) is 1. The number of carbonyl (C=O) groups is 1. The predicted octanol–water partition coefficient (Wildman–Crippen LogP) is 2.94. The molecule has 4 aromatic heterocycles. The molecule has 0 spiro atoms. The Labute approximate surface area is 190 Å². The molecule has 0 radical (unpaired) electrons. The minimum atomic E-state index is -0.355. The highest BCUT2D eigenvalue weighted by atomic mass is 16.5. The van der Waals surface area contributed by atoms with E-state index in [1.807, 2.05) is 33.0 Å². The van der Waals surface area contributed by atoms with Crippen LogP contribution in [0.3, 0.4) is 0 Å². The lowest BCUT2D eigenvalue weighted by Gasteiger charge is -2.41. The van der Waals surface area contributed by atoms with Gasteiger partial charge in [0, 0.05) is 29.7 Å². The van der Waals surface area contributed by atoms with Gasteiger partial charge in [-0.25, -0.2) is 14.5 Å². The first-order valence-corrected chi connectivity index (χ1v) is 11.1. The van der Waals surface area contributed by atoms with E-state index < -0.39 is 0 Å². The average molecular weight is 447 g/mol. The molecule has 3 aliphatic rings. The second kappa shape index (κ2) is 6.74. The van der Waals surface area contributed by atoms with Gasteiger partial charge in [0.15, 0.2) is 5.65 Å². The highest BCUT2D eigenvalue weighted by Gasteiger charge is 2.61. The van der Waals surface area contributed by atoms with E-state index in [0.29, 0.717) is 29.3 Å². The summed E-state index contributed by atoms with van der Waals surface area (Å²) in [5, 5.41) is 7.17. The molecule has 0 aromatic carbocycles. The van der Waals surface area contributed by atoms with Crippen molar-refractivity contribution in [2.45, 2.75) is 57.7 Å². The molecule has 1 aliphatic carbocycles. The molecule has 1 N–H and O–H groups in total. The van der Waals surface area contributed by atoms with E-state index in [0.717, 1.165) is 24.2 Å². The monoisotopic (exact) mass is 447 g/mol. The fraction of sp³-hybridized carbons (Fsp3) is 0.435. The molecule has 6 heterocycles. The van der Waals surface area contributed by atoms with Crippen molar-refractivity contribution < 1.29 is 14.3 Å². The Bertz CT molecular complexity index is 1410. The summed E-state index contributed by atoms with van der Waals surface area (Å²) in [6, 6.07) is 1.86. The summed E-state index contributed by atoms with van der Waals surface area (Å²) in [6.45, 7) is 8.48. The number of aromatic nitrogens is 6. The number of hydrogen-bond acceptors (Lipinski definition) is 7. The van der Waals surface area contributed by atoms with E-state index in [-0.39, 0.29) is 28.9 Å². The van der Waals surface area contributed by atoms with Gasteiger partial charge < -0.3 is 14.8 Å². The standard InChI is InChI=1S/C23H25N7O3/c1-13(2)33-20-15(19(31)26-16-7-24-30-6-5-14(3)25-18(16)30)8-29-9-17(27-21(29)28-20)23-10-22(4,11-23)32-12-23/h5-9,13H,10-12H2,1-4H3,(H,26,31). The van der Waals surface area contributed by atoms with Crippen LogP contribution in [0.1, 0.15) is 55.4 Å². The van der Waals surface area contributed by atoms with E-state index in [9.17, 15) is 4.79 Å². The Kier molecular flexibility index (Phi) is 4.10. The number of rotatable bonds is 5. The number of hydrogen-bond donors (Lipinski definition) is 1. The molecular weight excluding hydrogens is 422 g/mol. The molecule has 2 bridgehead atoms. The number of amides is 1. The second-order valence-electron chi connectivity index (χ2n) is 9.68. The Morgan fingerprint density at radius 3 is 2.79 bits per heavy atom. The van der Waals surface area contributed by atoms with Crippen LogP contribution in [0.5, 0.6) is 5.88 Å². The summed E-state index contributed by atoms with van der Waals surface area (Å²) >= 11 is 0. The third-order valence-corrected chi connectivity index (χ3v) is 6.43. The smallest absolute Gasteiger partial charge is 0.262 e. The summed E-state index contributed by atoms with van der Waals surface area (Å²) in [4.78, 5) is 27.2. The minimum absolute atomic E-state index is 0.0407. The van der Waals surface area contributed by atoms with Crippen molar-refractivity contribution in [1.82, 2.24) is 29.0 Å². The lowest BCUT2D eigenvalue weighted by atomic mass is 9.62. The van der Waals surface area contributed by atoms with E-state index in [1.54, 1.807) is 27.5 Å². The molecule has 1 saturated carbocycles. The SMILES string of the molecule is Cc1ccn2ncc(NC(=O)c3cn4cc(C56COC(C)(C5)C6)nc4nc3OC(C)C)c2n1. The van der Waals surface area contributed by atoms with Gasteiger partial charge in [-0.2, -0.15) is 10.1 Å². The van der Waals surface area contributed by atoms with Crippen molar-refractivity contribution >= 4 is 23.0 Å². The largest absolute Gasteiger partial charge is 0.474 e. The lowest BCUT2D eigenvalue weighted by Crippen LogP contribution is -2.45. The maximum Gasteiger partial charge on any atom is 0.262 e. The summed E-state index contributed by atoms with van der Waals surface area (Å²) < 4.78 is 15.2. The van der Waals surface area contributed by atoms with Crippen molar-refractivity contribution in [3.8, 4) is 5.88 Å². The van der Waals surface area contributed by atoms with Crippen LogP contribution in [0.25, 0.3) is 11.4 Å². The van der Waals surface area contributed by atoms with Crippen LogP contribution in [0.15, 0.2) is 30.9 Å². The third kappa shape index (κ3) is 3.16. The van der Waals surface area contributed by atoms with E-state index >= 15 is 0 Å². The van der Waals surface area contributed by atoms with Crippen LogP contribution in [0, 0.1) is 6.92 Å². The molecule has 33 heavy (non-hydrogen) atoms. The zero-order chi connectivity index (χ0) is 23.0. The predicted molar refractivity (Wildman–Crippen MR) is 120 cm³/mol. The molecule has 3 fully saturated rings. The van der Waals surface area contributed by atoms with Gasteiger partial charge in [0.1, 0.15) is 11.3 Å². The molecule has 2 aliphatic heterocycles. The average Bonchev–Trinajstić information content (AvgIpc) is 3.48. The third-order valence-electron chi connectivity index (χ3n) is 6.43. The van der Waals surface area contributed by atoms with E-state index in [1.165, 1.54) is 0 Å². The molecule has 0 unspecified atom stereocenters. The van der Waals surface area contributed by atoms with Gasteiger partial charge >= 0.3 is 0 Å². The van der Waals surface area contributed by atoms with Crippen LogP contribution < -0.4 is 10.1 Å². The number of ether oxygens (including phenoxy) is 2. The summed E-state index contributed by atoms with van der Waals surface area (Å²) in [5.74, 6) is 0.388. The van der Waals surface area contributed by atoms with E-state index in [4.69, 9.17) is 14.5 Å². The van der Waals surface area contributed by atoms with Crippen molar-refractivity contribution in [2.24, 2.45) is 0 Å². The van der Waals surface area contributed by atoms with Gasteiger partial charge in [-0.3, -0.25) is 9.20 Å². The summed E-state index contributed by atoms with van der Waals surface area (Å²) in [5.41, 5.74) is 3.07. The molecule has 1 amide bonds. The van der Waals surface area contributed by atoms with E-state index in [2.05, 4.69) is 27.3 Å². The van der Waals surface area contributed by atoms with Crippen molar-refractivity contribution in [3.05, 3.63) is 47.8 Å². The molecule has 170 valence electrons. The molecule has 4 aromatic rings. The molecule has 10 nitrogen and oxygen atoms in total. The van der Waals surface area contributed by atoms with Crippen LogP contribution in [-0.2, 0) is 10.2 Å². The van der Waals surface area contributed by atoms with Gasteiger partial charge in [0.25, 0.3) is 5.91 Å². The van der Waals surface area contributed by atoms with Crippen LogP contribution in [0.2, 0.25) is 0 Å². The van der Waals surface area contributed by atoms with Crippen molar-refractivity contribution in [1.29, 1.82) is 0 Å². The van der Waals surface area contributed by atoms with Gasteiger partial charge in [-0.05, 0) is 46.6 Å². The Hall–Kier alpha value is -3.53.